The van der Waals surface area contributed by atoms with Gasteiger partial charge in [-0.05, 0) is 26.7 Å². The van der Waals surface area contributed by atoms with Gasteiger partial charge in [0.15, 0.2) is 5.96 Å². The Hall–Kier alpha value is -2.25. The number of aryl methyl sites for hydroxylation is 1. The highest BCUT2D eigenvalue weighted by molar-refractivity contribution is 5.79. The largest absolute Gasteiger partial charge is 0.444 e. The predicted octanol–water partition coefficient (Wildman–Crippen LogP) is 1.93. The number of aliphatic imine (C=N–C) groups is 1. The maximum atomic E-state index is 12.0. The monoisotopic (exact) mass is 366 g/mol. The van der Waals surface area contributed by atoms with Crippen LogP contribution in [-0.4, -0.2) is 71.5 Å². The molecule has 1 N–H and O–H groups in total. The fourth-order valence-electron chi connectivity index (χ4n) is 2.50. The molecule has 0 fully saturated rings. The van der Waals surface area contributed by atoms with E-state index in [2.05, 4.69) is 22.3 Å². The van der Waals surface area contributed by atoms with E-state index < -0.39 is 5.60 Å². The molecule has 0 saturated heterocycles. The lowest BCUT2D eigenvalue weighted by atomic mass is 10.1. The van der Waals surface area contributed by atoms with Gasteiger partial charge in [0.25, 0.3) is 0 Å². The van der Waals surface area contributed by atoms with Crippen molar-refractivity contribution < 1.29 is 9.53 Å². The van der Waals surface area contributed by atoms with Crippen molar-refractivity contribution in [2.24, 2.45) is 18.0 Å². The molecule has 0 aliphatic heterocycles. The first kappa shape index (κ1) is 21.8. The lowest BCUT2D eigenvalue weighted by molar-refractivity contribution is 0.0278. The van der Waals surface area contributed by atoms with Gasteiger partial charge in [0.2, 0.25) is 0 Å². The van der Waals surface area contributed by atoms with Gasteiger partial charge in [-0.15, -0.1) is 0 Å². The Morgan fingerprint density at radius 1 is 1.38 bits per heavy atom. The van der Waals surface area contributed by atoms with E-state index in [1.165, 1.54) is 0 Å². The topological polar surface area (TPSA) is 75.0 Å². The highest BCUT2D eigenvalue weighted by Crippen LogP contribution is 2.10. The van der Waals surface area contributed by atoms with Gasteiger partial charge >= 0.3 is 6.09 Å². The SMILES string of the molecule is CN=C(NCC(C)CN(C)C(=O)OC(C)(C)C)N(C)Cc1cnn(C)c1. The molecule has 1 rings (SSSR count). The fraction of sp³-hybridized carbons (Fsp3) is 0.722. The molecule has 0 bridgehead atoms. The zero-order chi connectivity index (χ0) is 19.9. The number of aromatic nitrogens is 2. The third-order valence-electron chi connectivity index (χ3n) is 3.65. The van der Waals surface area contributed by atoms with Crippen molar-refractivity contribution in [2.75, 3.05) is 34.2 Å². The lowest BCUT2D eigenvalue weighted by Gasteiger charge is -2.27. The quantitative estimate of drug-likeness (QED) is 0.615. The number of carbonyl (C=O) groups is 1. The molecule has 1 amide bonds. The van der Waals surface area contributed by atoms with Gasteiger partial charge in [-0.25, -0.2) is 4.79 Å². The molecule has 148 valence electrons. The van der Waals surface area contributed by atoms with E-state index in [0.29, 0.717) is 13.1 Å². The second-order valence-corrected chi connectivity index (χ2v) is 7.77. The summed E-state index contributed by atoms with van der Waals surface area (Å²) in [5.74, 6) is 1.05. The molecule has 0 aromatic carbocycles. The Kier molecular flexibility index (Phi) is 7.92. The second kappa shape index (κ2) is 9.45. The third-order valence-corrected chi connectivity index (χ3v) is 3.65. The summed E-state index contributed by atoms with van der Waals surface area (Å²) in [4.78, 5) is 20.0. The molecule has 1 aromatic heterocycles. The minimum atomic E-state index is -0.482. The number of ether oxygens (including phenoxy) is 1. The Morgan fingerprint density at radius 2 is 2.04 bits per heavy atom. The summed E-state index contributed by atoms with van der Waals surface area (Å²) in [7, 11) is 7.41. The summed E-state index contributed by atoms with van der Waals surface area (Å²) >= 11 is 0. The summed E-state index contributed by atoms with van der Waals surface area (Å²) in [5, 5.41) is 7.54. The van der Waals surface area contributed by atoms with Gasteiger partial charge in [0.1, 0.15) is 5.60 Å². The van der Waals surface area contributed by atoms with Crippen molar-refractivity contribution in [1.82, 2.24) is 24.9 Å². The maximum absolute atomic E-state index is 12.0. The van der Waals surface area contributed by atoms with Gasteiger partial charge in [0.05, 0.1) is 6.20 Å². The molecule has 8 nitrogen and oxygen atoms in total. The zero-order valence-corrected chi connectivity index (χ0v) is 17.4. The number of hydrogen-bond donors (Lipinski definition) is 1. The van der Waals surface area contributed by atoms with E-state index in [4.69, 9.17) is 4.74 Å². The average molecular weight is 367 g/mol. The molecular weight excluding hydrogens is 332 g/mol. The van der Waals surface area contributed by atoms with Gasteiger partial charge in [-0.2, -0.15) is 5.10 Å². The number of amides is 1. The van der Waals surface area contributed by atoms with Crippen LogP contribution >= 0.6 is 0 Å². The summed E-state index contributed by atoms with van der Waals surface area (Å²) < 4.78 is 7.17. The summed E-state index contributed by atoms with van der Waals surface area (Å²) in [5.41, 5.74) is 0.639. The maximum Gasteiger partial charge on any atom is 0.410 e. The smallest absolute Gasteiger partial charge is 0.410 e. The van der Waals surface area contributed by atoms with Gasteiger partial charge in [0, 0.05) is 59.6 Å². The average Bonchev–Trinajstić information content (AvgIpc) is 2.91. The zero-order valence-electron chi connectivity index (χ0n) is 17.4. The molecule has 0 saturated carbocycles. The standard InChI is InChI=1S/C18H34N6O2/c1-14(11-23(7)17(25)26-18(2,3)4)9-20-16(19-5)22(6)12-15-10-21-24(8)13-15/h10,13-14H,9,11-12H2,1-8H3,(H,19,20). The first-order valence-corrected chi connectivity index (χ1v) is 8.85. The van der Waals surface area contributed by atoms with Crippen molar-refractivity contribution >= 4 is 12.1 Å². The van der Waals surface area contributed by atoms with Crippen LogP contribution in [0.5, 0.6) is 0 Å². The van der Waals surface area contributed by atoms with Crippen LogP contribution in [0, 0.1) is 5.92 Å². The van der Waals surface area contributed by atoms with E-state index >= 15 is 0 Å². The van der Waals surface area contributed by atoms with Crippen LogP contribution in [-0.2, 0) is 18.3 Å². The van der Waals surface area contributed by atoms with Crippen molar-refractivity contribution in [3.63, 3.8) is 0 Å². The van der Waals surface area contributed by atoms with Gasteiger partial charge in [-0.3, -0.25) is 9.67 Å². The molecule has 1 heterocycles. The molecule has 0 aliphatic carbocycles. The Labute approximate surface area is 157 Å². The summed E-state index contributed by atoms with van der Waals surface area (Å²) in [6, 6.07) is 0. The van der Waals surface area contributed by atoms with Crippen molar-refractivity contribution in [3.8, 4) is 0 Å². The van der Waals surface area contributed by atoms with Crippen molar-refractivity contribution in [2.45, 2.75) is 39.8 Å². The minimum absolute atomic E-state index is 0.246. The Balaban J connectivity index is 2.45. The van der Waals surface area contributed by atoms with E-state index in [0.717, 1.165) is 18.1 Å². The number of nitrogens with one attached hydrogen (secondary N) is 1. The minimum Gasteiger partial charge on any atom is -0.444 e. The highest BCUT2D eigenvalue weighted by atomic mass is 16.6. The van der Waals surface area contributed by atoms with Crippen LogP contribution in [0.2, 0.25) is 0 Å². The second-order valence-electron chi connectivity index (χ2n) is 7.77. The fourth-order valence-corrected chi connectivity index (χ4v) is 2.50. The molecule has 1 aromatic rings. The van der Waals surface area contributed by atoms with Gasteiger partial charge in [-0.1, -0.05) is 6.92 Å². The van der Waals surface area contributed by atoms with Crippen LogP contribution in [0.1, 0.15) is 33.3 Å². The first-order chi connectivity index (χ1) is 12.0. The number of rotatable bonds is 6. The lowest BCUT2D eigenvalue weighted by Crippen LogP contribution is -2.43. The first-order valence-electron chi connectivity index (χ1n) is 8.85. The molecule has 0 radical (unpaired) electrons. The molecule has 0 spiro atoms. The van der Waals surface area contributed by atoms with Crippen LogP contribution in [0.25, 0.3) is 0 Å². The van der Waals surface area contributed by atoms with Crippen LogP contribution in [0.4, 0.5) is 4.79 Å². The number of carbonyl (C=O) groups excluding carboxylic acids is 1. The Morgan fingerprint density at radius 3 is 2.54 bits per heavy atom. The van der Waals surface area contributed by atoms with E-state index in [9.17, 15) is 4.79 Å². The van der Waals surface area contributed by atoms with Gasteiger partial charge < -0.3 is 19.9 Å². The van der Waals surface area contributed by atoms with E-state index in [1.807, 2.05) is 52.2 Å². The highest BCUT2D eigenvalue weighted by Gasteiger charge is 2.21. The van der Waals surface area contributed by atoms with E-state index in [-0.39, 0.29) is 12.0 Å². The Bertz CT molecular complexity index is 605. The third kappa shape index (κ3) is 7.76. The molecular formula is C18H34N6O2. The molecule has 1 unspecified atom stereocenters. The molecule has 0 aliphatic rings. The molecule has 8 heteroatoms. The van der Waals surface area contributed by atoms with Crippen LogP contribution in [0.3, 0.4) is 0 Å². The number of hydrogen-bond acceptors (Lipinski definition) is 4. The van der Waals surface area contributed by atoms with Crippen LogP contribution < -0.4 is 5.32 Å². The predicted molar refractivity (Wildman–Crippen MR) is 104 cm³/mol. The number of guanidine groups is 1. The molecule has 1 atom stereocenters. The molecule has 26 heavy (non-hydrogen) atoms. The normalized spacial score (nSPS) is 13.3. The van der Waals surface area contributed by atoms with Crippen LogP contribution in [0.15, 0.2) is 17.4 Å². The number of nitrogens with zero attached hydrogens (tertiary/aromatic N) is 5. The summed E-state index contributed by atoms with van der Waals surface area (Å²) in [6.45, 7) is 9.72. The summed E-state index contributed by atoms with van der Waals surface area (Å²) in [6.07, 6.45) is 3.53. The van der Waals surface area contributed by atoms with Crippen molar-refractivity contribution in [1.29, 1.82) is 0 Å². The van der Waals surface area contributed by atoms with Crippen molar-refractivity contribution in [3.05, 3.63) is 18.0 Å². The van der Waals surface area contributed by atoms with E-state index in [1.54, 1.807) is 23.7 Å².